The maximum atomic E-state index is 13.2. The molecule has 0 bridgehead atoms. The van der Waals surface area contributed by atoms with Crippen LogP contribution in [0.4, 0.5) is 13.2 Å². The fourth-order valence-electron chi connectivity index (χ4n) is 1.46. The van der Waals surface area contributed by atoms with Crippen LogP contribution in [0.2, 0.25) is 0 Å². The topological polar surface area (TPSA) is 21.3 Å². The number of hydroxylamine groups is 1. The maximum Gasteiger partial charge on any atom is 0.166 e. The number of hydrogen-bond donors (Lipinski definition) is 1. The lowest BCUT2D eigenvalue weighted by molar-refractivity contribution is 0.0870. The number of rotatable bonds is 1. The van der Waals surface area contributed by atoms with Crippen LogP contribution in [0.1, 0.15) is 18.0 Å². The normalized spacial score (nSPS) is 21.5. The predicted molar refractivity (Wildman–Crippen MR) is 42.8 cm³/mol. The van der Waals surface area contributed by atoms with Crippen LogP contribution in [0.25, 0.3) is 0 Å². The first-order valence-electron chi connectivity index (χ1n) is 4.21. The molecule has 1 fully saturated rings. The van der Waals surface area contributed by atoms with E-state index in [4.69, 9.17) is 4.84 Å². The predicted octanol–water partition coefficient (Wildman–Crippen LogP) is 2.07. The van der Waals surface area contributed by atoms with Crippen molar-refractivity contribution in [3.8, 4) is 0 Å². The van der Waals surface area contributed by atoms with Crippen molar-refractivity contribution in [2.45, 2.75) is 12.5 Å². The van der Waals surface area contributed by atoms with Gasteiger partial charge >= 0.3 is 0 Å². The van der Waals surface area contributed by atoms with Crippen molar-refractivity contribution in [2.24, 2.45) is 0 Å². The van der Waals surface area contributed by atoms with Crippen LogP contribution in [0.5, 0.6) is 0 Å². The minimum Gasteiger partial charge on any atom is -0.301 e. The smallest absolute Gasteiger partial charge is 0.166 e. The summed E-state index contributed by atoms with van der Waals surface area (Å²) >= 11 is 0. The number of halogens is 3. The van der Waals surface area contributed by atoms with Crippen molar-refractivity contribution < 1.29 is 18.0 Å². The number of hydrogen-bond acceptors (Lipinski definition) is 2. The van der Waals surface area contributed by atoms with E-state index in [9.17, 15) is 13.2 Å². The van der Waals surface area contributed by atoms with Crippen LogP contribution in [-0.4, -0.2) is 6.61 Å². The summed E-state index contributed by atoms with van der Waals surface area (Å²) in [6.45, 7) is 0.361. The lowest BCUT2D eigenvalue weighted by atomic mass is 10.0. The quantitative estimate of drug-likeness (QED) is 0.705. The highest BCUT2D eigenvalue weighted by Gasteiger charge is 2.25. The lowest BCUT2D eigenvalue weighted by Crippen LogP contribution is -2.15. The van der Waals surface area contributed by atoms with Gasteiger partial charge in [-0.05, 0) is 18.6 Å². The third-order valence-electron chi connectivity index (χ3n) is 2.16. The van der Waals surface area contributed by atoms with Crippen LogP contribution in [0.15, 0.2) is 12.1 Å². The number of benzene rings is 1. The van der Waals surface area contributed by atoms with Gasteiger partial charge in [-0.15, -0.1) is 0 Å². The summed E-state index contributed by atoms with van der Waals surface area (Å²) in [4.78, 5) is 4.76. The molecule has 0 aromatic heterocycles. The zero-order valence-electron chi connectivity index (χ0n) is 7.19. The van der Waals surface area contributed by atoms with Gasteiger partial charge in [-0.2, -0.15) is 5.48 Å². The fourth-order valence-corrected chi connectivity index (χ4v) is 1.46. The molecule has 5 heteroatoms. The molecule has 1 N–H and O–H groups in total. The van der Waals surface area contributed by atoms with E-state index in [1.165, 1.54) is 0 Å². The average molecular weight is 203 g/mol. The largest absolute Gasteiger partial charge is 0.301 e. The Morgan fingerprint density at radius 3 is 2.57 bits per heavy atom. The van der Waals surface area contributed by atoms with Crippen molar-refractivity contribution in [3.63, 3.8) is 0 Å². The molecule has 1 aliphatic heterocycles. The van der Waals surface area contributed by atoms with Gasteiger partial charge in [0, 0.05) is 5.56 Å². The summed E-state index contributed by atoms with van der Waals surface area (Å²) in [5.74, 6) is -2.95. The van der Waals surface area contributed by atoms with Crippen molar-refractivity contribution in [1.29, 1.82) is 0 Å². The Labute approximate surface area is 78.6 Å². The van der Waals surface area contributed by atoms with E-state index in [2.05, 4.69) is 5.48 Å². The summed E-state index contributed by atoms with van der Waals surface area (Å²) in [5.41, 5.74) is 2.15. The van der Waals surface area contributed by atoms with E-state index in [1.54, 1.807) is 0 Å². The third kappa shape index (κ3) is 1.49. The summed E-state index contributed by atoms with van der Waals surface area (Å²) in [5, 5.41) is 0. The van der Waals surface area contributed by atoms with Gasteiger partial charge in [0.1, 0.15) is 5.82 Å². The average Bonchev–Trinajstić information content (AvgIpc) is 2.65. The Morgan fingerprint density at radius 2 is 1.93 bits per heavy atom. The van der Waals surface area contributed by atoms with E-state index >= 15 is 0 Å². The molecule has 76 valence electrons. The first-order chi connectivity index (χ1) is 6.70. The Kier molecular flexibility index (Phi) is 2.43. The molecule has 2 rings (SSSR count). The van der Waals surface area contributed by atoms with Crippen LogP contribution >= 0.6 is 0 Å². The van der Waals surface area contributed by atoms with Crippen molar-refractivity contribution in [3.05, 3.63) is 35.1 Å². The van der Waals surface area contributed by atoms with E-state index < -0.39 is 23.5 Å². The first kappa shape index (κ1) is 9.48. The SMILES string of the molecule is Fc1ccc(F)c(C2CCON2)c1F. The molecule has 1 saturated heterocycles. The van der Waals surface area contributed by atoms with Crippen LogP contribution in [-0.2, 0) is 4.84 Å². The van der Waals surface area contributed by atoms with Gasteiger partial charge in [0.15, 0.2) is 11.6 Å². The van der Waals surface area contributed by atoms with Crippen LogP contribution < -0.4 is 5.48 Å². The first-order valence-corrected chi connectivity index (χ1v) is 4.21. The molecule has 14 heavy (non-hydrogen) atoms. The molecule has 1 unspecified atom stereocenters. The van der Waals surface area contributed by atoms with E-state index in [1.807, 2.05) is 0 Å². The van der Waals surface area contributed by atoms with Crippen LogP contribution in [0, 0.1) is 17.5 Å². The maximum absolute atomic E-state index is 13.2. The lowest BCUT2D eigenvalue weighted by Gasteiger charge is -2.11. The molecular weight excluding hydrogens is 195 g/mol. The molecular formula is C9H8F3NO. The second-order valence-corrected chi connectivity index (χ2v) is 3.06. The highest BCUT2D eigenvalue weighted by atomic mass is 19.2. The molecule has 1 aromatic rings. The van der Waals surface area contributed by atoms with Crippen molar-refractivity contribution >= 4 is 0 Å². The van der Waals surface area contributed by atoms with Gasteiger partial charge in [-0.3, -0.25) is 0 Å². The molecule has 1 heterocycles. The Bertz CT molecular complexity index is 350. The number of nitrogens with one attached hydrogen (secondary N) is 1. The van der Waals surface area contributed by atoms with Crippen LogP contribution in [0.3, 0.4) is 0 Å². The van der Waals surface area contributed by atoms with Crippen molar-refractivity contribution in [1.82, 2.24) is 5.48 Å². The summed E-state index contributed by atoms with van der Waals surface area (Å²) in [6.07, 6.45) is 0.428. The Hall–Kier alpha value is -1.07. The van der Waals surface area contributed by atoms with Gasteiger partial charge in [0.25, 0.3) is 0 Å². The van der Waals surface area contributed by atoms with Gasteiger partial charge < -0.3 is 4.84 Å². The standard InChI is InChI=1S/C9H8F3NO/c10-5-1-2-6(11)9(12)8(5)7-3-4-14-13-7/h1-2,7,13H,3-4H2. The summed E-state index contributed by atoms with van der Waals surface area (Å²) < 4.78 is 39.2. The molecule has 1 atom stereocenters. The van der Waals surface area contributed by atoms with Crippen molar-refractivity contribution in [2.75, 3.05) is 6.61 Å². The molecule has 0 saturated carbocycles. The minimum atomic E-state index is -1.15. The molecule has 0 radical (unpaired) electrons. The summed E-state index contributed by atoms with van der Waals surface area (Å²) in [6, 6.07) is 1.07. The van der Waals surface area contributed by atoms with Gasteiger partial charge in [0.2, 0.25) is 0 Å². The molecule has 0 spiro atoms. The zero-order chi connectivity index (χ0) is 10.1. The highest BCUT2D eigenvalue weighted by Crippen LogP contribution is 2.27. The monoisotopic (exact) mass is 203 g/mol. The second-order valence-electron chi connectivity index (χ2n) is 3.06. The fraction of sp³-hybridized carbons (Fsp3) is 0.333. The van der Waals surface area contributed by atoms with E-state index in [-0.39, 0.29) is 5.56 Å². The molecule has 2 nitrogen and oxygen atoms in total. The zero-order valence-corrected chi connectivity index (χ0v) is 7.19. The van der Waals surface area contributed by atoms with Gasteiger partial charge in [-0.25, -0.2) is 13.2 Å². The minimum absolute atomic E-state index is 0.289. The summed E-state index contributed by atoms with van der Waals surface area (Å²) in [7, 11) is 0. The second kappa shape index (κ2) is 3.59. The van der Waals surface area contributed by atoms with Gasteiger partial charge in [0.05, 0.1) is 12.6 Å². The Morgan fingerprint density at radius 1 is 1.21 bits per heavy atom. The molecule has 0 amide bonds. The molecule has 0 aliphatic carbocycles. The van der Waals surface area contributed by atoms with E-state index in [0.29, 0.717) is 13.0 Å². The third-order valence-corrected chi connectivity index (χ3v) is 2.16. The van der Waals surface area contributed by atoms with E-state index in [0.717, 1.165) is 12.1 Å². The molecule has 1 aromatic carbocycles. The Balaban J connectivity index is 2.44. The molecule has 1 aliphatic rings. The van der Waals surface area contributed by atoms with Gasteiger partial charge in [-0.1, -0.05) is 0 Å². The highest BCUT2D eigenvalue weighted by molar-refractivity contribution is 5.24.